The van der Waals surface area contributed by atoms with Crippen molar-refractivity contribution < 1.29 is 23.9 Å². The number of carbonyl (C=O) groups is 3. The largest absolute Gasteiger partial charge is 0.491 e. The van der Waals surface area contributed by atoms with E-state index in [1.54, 1.807) is 56.4 Å². The molecule has 200 valence electrons. The third kappa shape index (κ3) is 8.35. The zero-order chi connectivity index (χ0) is 27.5. The Bertz CT molecular complexity index is 1240. The molecule has 8 heteroatoms. The standard InChI is InChI=1S/C30H33ClN2O5/c1-4-37-28(34)8-6-5-7-19-38-27-20-24(31)15-18-26(27)33(3)30(36)23-13-11-22(12-14-23)29(35)32-25-16-9-21(2)10-17-25/h9-18,20H,4-8,19H2,1-3H3,(H,32,35). The Morgan fingerprint density at radius 1 is 0.895 bits per heavy atom. The second kappa shape index (κ2) is 14.2. The van der Waals surface area contributed by atoms with Crippen LogP contribution in [0.1, 0.15) is 58.9 Å². The van der Waals surface area contributed by atoms with Gasteiger partial charge in [-0.25, -0.2) is 0 Å². The van der Waals surface area contributed by atoms with Gasteiger partial charge in [0.05, 0.1) is 18.9 Å². The van der Waals surface area contributed by atoms with Gasteiger partial charge in [-0.1, -0.05) is 29.3 Å². The lowest BCUT2D eigenvalue weighted by Crippen LogP contribution is -2.27. The summed E-state index contributed by atoms with van der Waals surface area (Å²) in [6, 6.07) is 19.2. The molecule has 0 radical (unpaired) electrons. The van der Waals surface area contributed by atoms with E-state index < -0.39 is 0 Å². The lowest BCUT2D eigenvalue weighted by atomic mass is 10.1. The quantitative estimate of drug-likeness (QED) is 0.206. The van der Waals surface area contributed by atoms with Crippen LogP contribution < -0.4 is 15.0 Å². The Morgan fingerprint density at radius 2 is 1.58 bits per heavy atom. The summed E-state index contributed by atoms with van der Waals surface area (Å²) in [5.74, 6) is -0.201. The van der Waals surface area contributed by atoms with Crippen LogP contribution in [0.25, 0.3) is 0 Å². The lowest BCUT2D eigenvalue weighted by molar-refractivity contribution is -0.143. The minimum absolute atomic E-state index is 0.189. The van der Waals surface area contributed by atoms with Crippen LogP contribution in [0.4, 0.5) is 11.4 Å². The highest BCUT2D eigenvalue weighted by molar-refractivity contribution is 6.30. The monoisotopic (exact) mass is 536 g/mol. The molecule has 0 saturated heterocycles. The average molecular weight is 537 g/mol. The first-order valence-electron chi connectivity index (χ1n) is 12.6. The smallest absolute Gasteiger partial charge is 0.305 e. The number of carbonyl (C=O) groups excluding carboxylic acids is 3. The Hall–Kier alpha value is -3.84. The number of ether oxygens (including phenoxy) is 2. The first kappa shape index (κ1) is 28.7. The Morgan fingerprint density at radius 3 is 2.26 bits per heavy atom. The molecule has 0 spiro atoms. The average Bonchev–Trinajstić information content (AvgIpc) is 2.91. The van der Waals surface area contributed by atoms with E-state index in [-0.39, 0.29) is 17.8 Å². The summed E-state index contributed by atoms with van der Waals surface area (Å²) >= 11 is 6.19. The number of hydrogen-bond donors (Lipinski definition) is 1. The molecule has 3 rings (SSSR count). The van der Waals surface area contributed by atoms with Crippen LogP contribution >= 0.6 is 11.6 Å². The highest BCUT2D eigenvalue weighted by atomic mass is 35.5. The summed E-state index contributed by atoms with van der Waals surface area (Å²) in [5.41, 5.74) is 3.26. The van der Waals surface area contributed by atoms with Gasteiger partial charge in [-0.3, -0.25) is 14.4 Å². The van der Waals surface area contributed by atoms with Gasteiger partial charge in [-0.05, 0) is 81.6 Å². The molecule has 2 amide bonds. The molecule has 0 atom stereocenters. The van der Waals surface area contributed by atoms with Gasteiger partial charge in [-0.2, -0.15) is 0 Å². The van der Waals surface area contributed by atoms with Gasteiger partial charge in [0, 0.05) is 41.4 Å². The summed E-state index contributed by atoms with van der Waals surface area (Å²) in [6.45, 7) is 4.58. The van der Waals surface area contributed by atoms with E-state index in [1.165, 1.54) is 4.90 Å². The highest BCUT2D eigenvalue weighted by Gasteiger charge is 2.18. The molecular weight excluding hydrogens is 504 g/mol. The molecule has 1 N–H and O–H groups in total. The first-order chi connectivity index (χ1) is 18.3. The van der Waals surface area contributed by atoms with Gasteiger partial charge in [0.2, 0.25) is 0 Å². The van der Waals surface area contributed by atoms with E-state index in [2.05, 4.69) is 5.32 Å². The van der Waals surface area contributed by atoms with Gasteiger partial charge < -0.3 is 19.7 Å². The molecule has 0 aromatic heterocycles. The van der Waals surface area contributed by atoms with E-state index in [1.807, 2.05) is 31.2 Å². The van der Waals surface area contributed by atoms with Crippen molar-refractivity contribution in [1.29, 1.82) is 0 Å². The SMILES string of the molecule is CCOC(=O)CCCCCOc1cc(Cl)ccc1N(C)C(=O)c1ccc(C(=O)Nc2ccc(C)cc2)cc1. The predicted octanol–water partition coefficient (Wildman–Crippen LogP) is 6.68. The molecule has 3 aromatic rings. The fraction of sp³-hybridized carbons (Fsp3) is 0.300. The summed E-state index contributed by atoms with van der Waals surface area (Å²) in [7, 11) is 1.66. The number of aryl methyl sites for hydroxylation is 1. The normalized spacial score (nSPS) is 10.5. The molecular formula is C30H33ClN2O5. The number of amides is 2. The van der Waals surface area contributed by atoms with Gasteiger partial charge in [0.25, 0.3) is 11.8 Å². The zero-order valence-electron chi connectivity index (χ0n) is 22.0. The Kier molecular flexibility index (Phi) is 10.7. The molecule has 0 aliphatic carbocycles. The van der Waals surface area contributed by atoms with Gasteiger partial charge in [0.1, 0.15) is 5.75 Å². The van der Waals surface area contributed by atoms with Crippen LogP contribution in [0.15, 0.2) is 66.7 Å². The van der Waals surface area contributed by atoms with Crippen molar-refractivity contribution in [1.82, 2.24) is 0 Å². The minimum Gasteiger partial charge on any atom is -0.491 e. The molecule has 0 aliphatic heterocycles. The van der Waals surface area contributed by atoms with Crippen LogP contribution in [0.2, 0.25) is 5.02 Å². The van der Waals surface area contributed by atoms with E-state index in [9.17, 15) is 14.4 Å². The molecule has 0 aliphatic rings. The number of nitrogens with one attached hydrogen (secondary N) is 1. The fourth-order valence-corrected chi connectivity index (χ4v) is 3.91. The van der Waals surface area contributed by atoms with Crippen LogP contribution in [0.5, 0.6) is 5.75 Å². The van der Waals surface area contributed by atoms with Crippen molar-refractivity contribution in [3.63, 3.8) is 0 Å². The lowest BCUT2D eigenvalue weighted by Gasteiger charge is -2.21. The number of benzene rings is 3. The van der Waals surface area contributed by atoms with Crippen molar-refractivity contribution in [3.05, 3.63) is 88.4 Å². The molecule has 38 heavy (non-hydrogen) atoms. The second-order valence-electron chi connectivity index (χ2n) is 8.84. The van der Waals surface area contributed by atoms with Crippen molar-refractivity contribution in [2.75, 3.05) is 30.5 Å². The van der Waals surface area contributed by atoms with Crippen molar-refractivity contribution in [2.45, 2.75) is 39.5 Å². The predicted molar refractivity (Wildman–Crippen MR) is 150 cm³/mol. The van der Waals surface area contributed by atoms with Gasteiger partial charge in [-0.15, -0.1) is 0 Å². The number of nitrogens with zero attached hydrogens (tertiary/aromatic N) is 1. The van der Waals surface area contributed by atoms with Crippen LogP contribution in [-0.2, 0) is 9.53 Å². The molecule has 0 bridgehead atoms. The summed E-state index contributed by atoms with van der Waals surface area (Å²) in [5, 5.41) is 3.35. The van der Waals surface area contributed by atoms with Gasteiger partial charge >= 0.3 is 5.97 Å². The van der Waals surface area contributed by atoms with Crippen molar-refractivity contribution in [3.8, 4) is 5.75 Å². The molecule has 0 heterocycles. The number of halogens is 1. The topological polar surface area (TPSA) is 84.9 Å². The molecule has 7 nitrogen and oxygen atoms in total. The summed E-state index contributed by atoms with van der Waals surface area (Å²) in [4.78, 5) is 38.7. The van der Waals surface area contributed by atoms with Crippen LogP contribution in [-0.4, -0.2) is 38.0 Å². The molecule has 0 fully saturated rings. The first-order valence-corrected chi connectivity index (χ1v) is 13.0. The van der Waals surface area contributed by atoms with E-state index in [0.29, 0.717) is 52.9 Å². The Labute approximate surface area is 228 Å². The highest BCUT2D eigenvalue weighted by Crippen LogP contribution is 2.32. The maximum Gasteiger partial charge on any atom is 0.305 e. The molecule has 0 unspecified atom stereocenters. The summed E-state index contributed by atoms with van der Waals surface area (Å²) < 4.78 is 10.9. The number of unbranched alkanes of at least 4 members (excludes halogenated alkanes) is 2. The fourth-order valence-electron chi connectivity index (χ4n) is 3.75. The number of rotatable bonds is 12. The molecule has 0 saturated carbocycles. The maximum atomic E-state index is 13.2. The summed E-state index contributed by atoms with van der Waals surface area (Å²) in [6.07, 6.45) is 2.67. The van der Waals surface area contributed by atoms with Crippen molar-refractivity contribution in [2.24, 2.45) is 0 Å². The van der Waals surface area contributed by atoms with Gasteiger partial charge in [0.15, 0.2) is 0 Å². The Balaban J connectivity index is 1.59. The van der Waals surface area contributed by atoms with Crippen molar-refractivity contribution >= 4 is 40.8 Å². The molecule has 3 aromatic carbocycles. The number of anilines is 2. The van der Waals surface area contributed by atoms with E-state index in [4.69, 9.17) is 21.1 Å². The number of esters is 1. The third-order valence-electron chi connectivity index (χ3n) is 5.88. The maximum absolute atomic E-state index is 13.2. The number of hydrogen-bond acceptors (Lipinski definition) is 5. The van der Waals surface area contributed by atoms with Crippen LogP contribution in [0, 0.1) is 6.92 Å². The van der Waals surface area contributed by atoms with E-state index in [0.717, 1.165) is 24.8 Å². The zero-order valence-corrected chi connectivity index (χ0v) is 22.7. The third-order valence-corrected chi connectivity index (χ3v) is 6.11. The van der Waals surface area contributed by atoms with E-state index >= 15 is 0 Å². The van der Waals surface area contributed by atoms with Crippen LogP contribution in [0.3, 0.4) is 0 Å². The second-order valence-corrected chi connectivity index (χ2v) is 9.27. The minimum atomic E-state index is -0.253.